The molecule has 0 aromatic carbocycles. The third-order valence-electron chi connectivity index (χ3n) is 7.24. The third-order valence-corrected chi connectivity index (χ3v) is 7.47. The minimum Gasteiger partial charge on any atom is -0.376 e. The Labute approximate surface area is 193 Å². The fourth-order valence-corrected chi connectivity index (χ4v) is 5.80. The van der Waals surface area contributed by atoms with Gasteiger partial charge in [0.25, 0.3) is 5.56 Å². The molecule has 176 valence electrons. The molecule has 0 radical (unpaired) electrons. The number of aryl methyl sites for hydroxylation is 1. The maximum Gasteiger partial charge on any atom is 0.251 e. The van der Waals surface area contributed by atoms with E-state index in [1.807, 2.05) is 13.0 Å². The van der Waals surface area contributed by atoms with Gasteiger partial charge in [0.2, 0.25) is 11.8 Å². The Morgan fingerprint density at radius 3 is 2.78 bits per heavy atom. The number of alkyl halides is 1. The Morgan fingerprint density at radius 1 is 1.31 bits per heavy atom. The number of nitrogens with one attached hydrogen (secondary N) is 2. The molecule has 3 aliphatic rings. The monoisotopic (exact) mass is 465 g/mol. The number of ether oxygens (including phenoxy) is 2. The summed E-state index contributed by atoms with van der Waals surface area (Å²) in [7, 11) is 0. The number of aromatic amines is 1. The van der Waals surface area contributed by atoms with Gasteiger partial charge in [-0.3, -0.25) is 14.4 Å². The number of likely N-dealkylation sites (tertiary alicyclic amines) is 1. The summed E-state index contributed by atoms with van der Waals surface area (Å²) < 4.78 is 11.9. The number of halogens is 1. The van der Waals surface area contributed by atoms with Crippen molar-refractivity contribution in [1.29, 1.82) is 0 Å². The lowest BCUT2D eigenvalue weighted by atomic mass is 9.80. The second-order valence-corrected chi connectivity index (χ2v) is 9.51. The van der Waals surface area contributed by atoms with E-state index in [0.29, 0.717) is 19.8 Å². The molecule has 1 aromatic rings. The molecule has 1 spiro atoms. The number of hydrogen-bond acceptors (Lipinski definition) is 5. The molecule has 9 heteroatoms. The minimum atomic E-state index is -0.638. The van der Waals surface area contributed by atoms with Gasteiger partial charge in [-0.05, 0) is 63.0 Å². The van der Waals surface area contributed by atoms with E-state index < -0.39 is 5.54 Å². The van der Waals surface area contributed by atoms with E-state index in [0.717, 1.165) is 49.7 Å². The van der Waals surface area contributed by atoms with Crippen molar-refractivity contribution >= 4 is 23.4 Å². The molecular weight excluding hydrogens is 434 g/mol. The van der Waals surface area contributed by atoms with Crippen LogP contribution in [0.2, 0.25) is 0 Å². The summed E-state index contributed by atoms with van der Waals surface area (Å²) in [6.45, 7) is 3.31. The van der Waals surface area contributed by atoms with Crippen molar-refractivity contribution in [3.8, 4) is 0 Å². The van der Waals surface area contributed by atoms with Gasteiger partial charge in [-0.1, -0.05) is 0 Å². The normalized spacial score (nSPS) is 30.9. The van der Waals surface area contributed by atoms with Gasteiger partial charge in [0.15, 0.2) is 0 Å². The Balaban J connectivity index is 1.42. The van der Waals surface area contributed by atoms with Gasteiger partial charge in [-0.25, -0.2) is 0 Å². The van der Waals surface area contributed by atoms with Crippen LogP contribution in [0.1, 0.15) is 55.6 Å². The van der Waals surface area contributed by atoms with Crippen LogP contribution in [0.3, 0.4) is 0 Å². The van der Waals surface area contributed by atoms with E-state index in [-0.39, 0.29) is 47.9 Å². The van der Waals surface area contributed by atoms with Crippen molar-refractivity contribution < 1.29 is 19.1 Å². The SMILES string of the molecule is Cc1cc[nH]c(=O)c1C1CCC(OCC2N(C(=O)CCl)CCCC23COCC(=O)N3)CC1. The van der Waals surface area contributed by atoms with Gasteiger partial charge >= 0.3 is 0 Å². The standard InChI is InChI=1S/C23H32ClN3O5/c1-15-7-9-25-22(30)21(15)16-3-5-17(6-4-16)32-12-18-23(14-31-13-19(28)26-23)8-2-10-27(18)20(29)11-24/h7,9,16-18H,2-6,8,10-14H2,1H3,(H,25,30)(H,26,28). The van der Waals surface area contributed by atoms with Crippen molar-refractivity contribution in [2.75, 3.05) is 32.2 Å². The number of pyridine rings is 1. The second-order valence-electron chi connectivity index (χ2n) is 9.25. The maximum absolute atomic E-state index is 12.6. The number of nitrogens with zero attached hydrogens (tertiary/aromatic N) is 1. The molecule has 3 fully saturated rings. The Hall–Kier alpha value is -1.90. The first kappa shape index (κ1) is 23.3. The van der Waals surface area contributed by atoms with Crippen LogP contribution in [-0.4, -0.2) is 71.6 Å². The highest BCUT2D eigenvalue weighted by Gasteiger charge is 2.49. The number of morpholine rings is 1. The first-order valence-electron chi connectivity index (χ1n) is 11.5. The summed E-state index contributed by atoms with van der Waals surface area (Å²) in [6.07, 6.45) is 6.74. The van der Waals surface area contributed by atoms with Gasteiger partial charge in [-0.15, -0.1) is 11.6 Å². The Kier molecular flexibility index (Phi) is 7.22. The summed E-state index contributed by atoms with van der Waals surface area (Å²) in [5, 5.41) is 3.10. The van der Waals surface area contributed by atoms with Crippen molar-refractivity contribution in [3.05, 3.63) is 33.7 Å². The van der Waals surface area contributed by atoms with Crippen molar-refractivity contribution in [2.45, 2.75) is 69.1 Å². The average molecular weight is 466 g/mol. The molecule has 1 aromatic heterocycles. The zero-order chi connectivity index (χ0) is 22.7. The summed E-state index contributed by atoms with van der Waals surface area (Å²) in [5.74, 6) is -0.175. The molecule has 4 rings (SSSR count). The van der Waals surface area contributed by atoms with E-state index in [9.17, 15) is 14.4 Å². The molecule has 2 amide bonds. The summed E-state index contributed by atoms with van der Waals surface area (Å²) in [6, 6.07) is 1.63. The highest BCUT2D eigenvalue weighted by atomic mass is 35.5. The molecule has 32 heavy (non-hydrogen) atoms. The Bertz CT molecular complexity index is 894. The van der Waals surface area contributed by atoms with Gasteiger partial charge in [0, 0.05) is 18.3 Å². The fourth-order valence-electron chi connectivity index (χ4n) is 5.64. The first-order valence-corrected chi connectivity index (χ1v) is 12.0. The van der Waals surface area contributed by atoms with E-state index in [2.05, 4.69) is 10.3 Å². The number of carbonyl (C=O) groups is 2. The van der Waals surface area contributed by atoms with Gasteiger partial charge in [0.1, 0.15) is 12.5 Å². The van der Waals surface area contributed by atoms with Crippen molar-refractivity contribution in [1.82, 2.24) is 15.2 Å². The lowest BCUT2D eigenvalue weighted by molar-refractivity contribution is -0.154. The zero-order valence-corrected chi connectivity index (χ0v) is 19.3. The predicted molar refractivity (Wildman–Crippen MR) is 120 cm³/mol. The predicted octanol–water partition coefficient (Wildman–Crippen LogP) is 1.84. The lowest BCUT2D eigenvalue weighted by Crippen LogP contribution is -2.72. The molecule has 2 N–H and O–H groups in total. The van der Waals surface area contributed by atoms with E-state index in [4.69, 9.17) is 21.1 Å². The number of H-pyrrole nitrogens is 1. The number of carbonyl (C=O) groups excluding carboxylic acids is 2. The second kappa shape index (κ2) is 9.93. The molecule has 2 saturated heterocycles. The number of aromatic nitrogens is 1. The molecule has 8 nitrogen and oxygen atoms in total. The molecule has 3 heterocycles. The van der Waals surface area contributed by atoms with Gasteiger partial charge in [0.05, 0.1) is 30.9 Å². The molecule has 0 bridgehead atoms. The number of amides is 2. The van der Waals surface area contributed by atoms with Crippen LogP contribution in [0.15, 0.2) is 17.1 Å². The molecule has 1 saturated carbocycles. The largest absolute Gasteiger partial charge is 0.376 e. The molecule has 2 unspecified atom stereocenters. The maximum atomic E-state index is 12.6. The quantitative estimate of drug-likeness (QED) is 0.646. The summed E-state index contributed by atoms with van der Waals surface area (Å²) >= 11 is 5.88. The lowest BCUT2D eigenvalue weighted by Gasteiger charge is -2.51. The smallest absolute Gasteiger partial charge is 0.251 e. The van der Waals surface area contributed by atoms with Crippen LogP contribution in [0.25, 0.3) is 0 Å². The summed E-state index contributed by atoms with van der Waals surface area (Å²) in [5.41, 5.74) is 1.28. The molecule has 1 aliphatic carbocycles. The number of piperidine rings is 1. The van der Waals surface area contributed by atoms with E-state index in [1.165, 1.54) is 0 Å². The fraction of sp³-hybridized carbons (Fsp3) is 0.696. The number of rotatable bonds is 5. The molecular formula is C23H32ClN3O5. The number of hydrogen-bond donors (Lipinski definition) is 2. The third kappa shape index (κ3) is 4.72. The highest BCUT2D eigenvalue weighted by molar-refractivity contribution is 6.27. The van der Waals surface area contributed by atoms with Crippen molar-refractivity contribution in [2.24, 2.45) is 0 Å². The Morgan fingerprint density at radius 2 is 2.09 bits per heavy atom. The van der Waals surface area contributed by atoms with Crippen LogP contribution >= 0.6 is 11.6 Å². The minimum absolute atomic E-state index is 0.00165. The van der Waals surface area contributed by atoms with Crippen LogP contribution in [0.4, 0.5) is 0 Å². The zero-order valence-electron chi connectivity index (χ0n) is 18.5. The van der Waals surface area contributed by atoms with E-state index in [1.54, 1.807) is 11.1 Å². The van der Waals surface area contributed by atoms with Gasteiger partial charge < -0.3 is 24.7 Å². The van der Waals surface area contributed by atoms with Crippen LogP contribution in [0, 0.1) is 6.92 Å². The average Bonchev–Trinajstić information content (AvgIpc) is 2.78. The van der Waals surface area contributed by atoms with Crippen LogP contribution in [-0.2, 0) is 19.1 Å². The van der Waals surface area contributed by atoms with Crippen LogP contribution < -0.4 is 10.9 Å². The van der Waals surface area contributed by atoms with Crippen LogP contribution in [0.5, 0.6) is 0 Å². The highest BCUT2D eigenvalue weighted by Crippen LogP contribution is 2.35. The molecule has 2 aliphatic heterocycles. The molecule has 2 atom stereocenters. The van der Waals surface area contributed by atoms with Crippen molar-refractivity contribution in [3.63, 3.8) is 0 Å². The van der Waals surface area contributed by atoms with E-state index >= 15 is 0 Å². The summed E-state index contributed by atoms with van der Waals surface area (Å²) in [4.78, 5) is 41.5. The topological polar surface area (TPSA) is 101 Å². The first-order chi connectivity index (χ1) is 15.4. The van der Waals surface area contributed by atoms with Gasteiger partial charge in [-0.2, -0.15) is 0 Å².